The van der Waals surface area contributed by atoms with Gasteiger partial charge in [-0.3, -0.25) is 14.7 Å². The van der Waals surface area contributed by atoms with Crippen molar-refractivity contribution in [2.45, 2.75) is 9.79 Å². The number of carboxylic acid groups (broad SMARTS) is 1. The third kappa shape index (κ3) is 8.14. The predicted octanol–water partition coefficient (Wildman–Crippen LogP) is 5.78. The van der Waals surface area contributed by atoms with Crippen LogP contribution in [-0.4, -0.2) is 23.9 Å². The van der Waals surface area contributed by atoms with Crippen LogP contribution >= 0.6 is 63.5 Å². The second-order valence-electron chi connectivity index (χ2n) is 4.81. The lowest BCUT2D eigenvalue weighted by Gasteiger charge is -2.16. The molecule has 2 aromatic rings. The minimum atomic E-state index is -3.60. The smallest absolute Gasteiger partial charge is 0.367 e. The Balaban J connectivity index is 1.99. The van der Waals surface area contributed by atoms with Gasteiger partial charge in [-0.05, 0) is 48.5 Å². The van der Waals surface area contributed by atoms with Crippen LogP contribution in [-0.2, 0) is 17.3 Å². The van der Waals surface area contributed by atoms with Gasteiger partial charge in [0, 0.05) is 42.8 Å². The minimum absolute atomic E-state index is 0.230. The highest BCUT2D eigenvalue weighted by atomic mass is 79.9. The predicted molar refractivity (Wildman–Crippen MR) is 110 cm³/mol. The van der Waals surface area contributed by atoms with E-state index < -0.39 is 13.6 Å². The Kier molecular flexibility index (Phi) is 9.19. The molecule has 0 radical (unpaired) electrons. The van der Waals surface area contributed by atoms with Crippen molar-refractivity contribution in [1.82, 2.24) is 5.32 Å². The van der Waals surface area contributed by atoms with Gasteiger partial charge in [-0.2, -0.15) is 0 Å². The SMILES string of the molecule is O=C(O)CNCP(=O)(OSc1ccc(Br)cc1)OSc1ccc(Br)cc1. The summed E-state index contributed by atoms with van der Waals surface area (Å²) in [6, 6.07) is 14.5. The summed E-state index contributed by atoms with van der Waals surface area (Å²) in [6.45, 7) is -0.345. The normalized spacial score (nSPS) is 11.5. The fourth-order valence-corrected chi connectivity index (χ4v) is 5.30. The molecule has 140 valence electrons. The lowest BCUT2D eigenvalue weighted by atomic mass is 10.4. The molecule has 0 saturated carbocycles. The summed E-state index contributed by atoms with van der Waals surface area (Å²) in [6.07, 6.45) is -0.230. The second kappa shape index (κ2) is 10.9. The Labute approximate surface area is 176 Å². The van der Waals surface area contributed by atoms with E-state index in [0.717, 1.165) is 42.8 Å². The van der Waals surface area contributed by atoms with Crippen LogP contribution in [0, 0.1) is 0 Å². The minimum Gasteiger partial charge on any atom is -0.480 e. The zero-order valence-electron chi connectivity index (χ0n) is 13.1. The zero-order chi connectivity index (χ0) is 19.0. The largest absolute Gasteiger partial charge is 0.480 e. The molecular formula is C15H14Br2NO5PS2. The number of benzene rings is 2. The van der Waals surface area contributed by atoms with E-state index in [-0.39, 0.29) is 12.8 Å². The Morgan fingerprint density at radius 1 is 0.962 bits per heavy atom. The van der Waals surface area contributed by atoms with Crippen molar-refractivity contribution in [2.75, 3.05) is 12.8 Å². The third-order valence-corrected chi connectivity index (χ3v) is 7.71. The van der Waals surface area contributed by atoms with Crippen molar-refractivity contribution in [3.8, 4) is 0 Å². The van der Waals surface area contributed by atoms with E-state index in [4.69, 9.17) is 13.0 Å². The molecule has 2 rings (SSSR count). The molecule has 6 nitrogen and oxygen atoms in total. The van der Waals surface area contributed by atoms with Crippen LogP contribution in [0.3, 0.4) is 0 Å². The third-order valence-electron chi connectivity index (χ3n) is 2.70. The summed E-state index contributed by atoms with van der Waals surface area (Å²) in [5.74, 6) is -1.06. The van der Waals surface area contributed by atoms with E-state index in [1.807, 2.05) is 24.3 Å². The lowest BCUT2D eigenvalue weighted by Crippen LogP contribution is -2.23. The summed E-state index contributed by atoms with van der Waals surface area (Å²) in [5, 5.41) is 11.3. The molecule has 0 saturated heterocycles. The van der Waals surface area contributed by atoms with Gasteiger partial charge in [0.25, 0.3) is 0 Å². The maximum Gasteiger partial charge on any atom is 0.367 e. The first-order valence-corrected chi connectivity index (χ1v) is 11.9. The molecule has 0 aliphatic rings. The highest BCUT2D eigenvalue weighted by Gasteiger charge is 2.27. The van der Waals surface area contributed by atoms with E-state index in [0.29, 0.717) is 0 Å². The van der Waals surface area contributed by atoms with Gasteiger partial charge in [0.2, 0.25) is 0 Å². The van der Waals surface area contributed by atoms with Crippen LogP contribution in [0.2, 0.25) is 0 Å². The molecule has 0 aliphatic heterocycles. The average Bonchev–Trinajstić information content (AvgIpc) is 2.61. The highest BCUT2D eigenvalue weighted by Crippen LogP contribution is 2.56. The fourth-order valence-electron chi connectivity index (χ4n) is 1.54. The summed E-state index contributed by atoms with van der Waals surface area (Å²) < 4.78 is 25.6. The van der Waals surface area contributed by atoms with Gasteiger partial charge < -0.3 is 5.11 Å². The van der Waals surface area contributed by atoms with Gasteiger partial charge in [-0.25, -0.2) is 7.94 Å². The van der Waals surface area contributed by atoms with E-state index >= 15 is 0 Å². The summed E-state index contributed by atoms with van der Waals surface area (Å²) >= 11 is 8.51. The lowest BCUT2D eigenvalue weighted by molar-refractivity contribution is -0.135. The van der Waals surface area contributed by atoms with Crippen LogP contribution in [0.5, 0.6) is 0 Å². The first-order valence-electron chi connectivity index (χ1n) is 7.11. The van der Waals surface area contributed by atoms with Crippen LogP contribution < -0.4 is 5.32 Å². The van der Waals surface area contributed by atoms with E-state index in [1.165, 1.54) is 0 Å². The number of hydrogen-bond acceptors (Lipinski definition) is 7. The first-order chi connectivity index (χ1) is 12.4. The van der Waals surface area contributed by atoms with Crippen molar-refractivity contribution < 1.29 is 22.4 Å². The standard InChI is InChI=1S/C15H14Br2NO5PS2/c16-11-1-5-13(6-2-11)25-22-24(21,10-18-9-15(19)20)23-26-14-7-3-12(17)4-8-14/h1-8,18H,9-10H2,(H,19,20). The topological polar surface area (TPSA) is 84.9 Å². The van der Waals surface area contributed by atoms with Gasteiger partial charge in [-0.15, -0.1) is 0 Å². The van der Waals surface area contributed by atoms with Gasteiger partial charge >= 0.3 is 13.6 Å². The molecule has 0 bridgehead atoms. The zero-order valence-corrected chi connectivity index (χ0v) is 18.8. The number of nitrogens with one attached hydrogen (secondary N) is 1. The molecule has 0 spiro atoms. The molecule has 0 heterocycles. The monoisotopic (exact) mass is 541 g/mol. The van der Waals surface area contributed by atoms with Crippen LogP contribution in [0.1, 0.15) is 0 Å². The Bertz CT molecular complexity index is 723. The number of aliphatic carboxylic acids is 1. The van der Waals surface area contributed by atoms with Crippen molar-refractivity contribution in [3.63, 3.8) is 0 Å². The van der Waals surface area contributed by atoms with Gasteiger partial charge in [-0.1, -0.05) is 31.9 Å². The fraction of sp³-hybridized carbons (Fsp3) is 0.133. The highest BCUT2D eigenvalue weighted by molar-refractivity contribution is 9.10. The maximum absolute atomic E-state index is 12.9. The van der Waals surface area contributed by atoms with Gasteiger partial charge in [0.1, 0.15) is 6.29 Å². The summed E-state index contributed by atoms with van der Waals surface area (Å²) in [7, 11) is -3.60. The Hall–Kier alpha value is -0.320. The second-order valence-corrected chi connectivity index (χ2v) is 10.7. The first kappa shape index (κ1) is 22.0. The molecule has 11 heteroatoms. The summed E-state index contributed by atoms with van der Waals surface area (Å²) in [5.41, 5.74) is 0. The number of hydrogen-bond donors (Lipinski definition) is 2. The van der Waals surface area contributed by atoms with Gasteiger partial charge in [0.15, 0.2) is 0 Å². The van der Waals surface area contributed by atoms with Crippen LogP contribution in [0.25, 0.3) is 0 Å². The van der Waals surface area contributed by atoms with Crippen molar-refractivity contribution in [3.05, 3.63) is 57.5 Å². The van der Waals surface area contributed by atoms with E-state index in [1.54, 1.807) is 24.3 Å². The molecule has 0 amide bonds. The number of rotatable bonds is 10. The number of carbonyl (C=O) groups is 1. The molecule has 26 heavy (non-hydrogen) atoms. The molecule has 2 aromatic carbocycles. The van der Waals surface area contributed by atoms with Crippen LogP contribution in [0.4, 0.5) is 0 Å². The molecule has 0 atom stereocenters. The average molecular weight is 543 g/mol. The van der Waals surface area contributed by atoms with E-state index in [9.17, 15) is 9.36 Å². The maximum atomic E-state index is 12.9. The molecule has 0 fully saturated rings. The summed E-state index contributed by atoms with van der Waals surface area (Å²) in [4.78, 5) is 12.1. The van der Waals surface area contributed by atoms with Crippen LogP contribution in [0.15, 0.2) is 67.3 Å². The molecule has 0 unspecified atom stereocenters. The molecule has 2 N–H and O–H groups in total. The quantitative estimate of drug-likeness (QED) is 0.288. The van der Waals surface area contributed by atoms with Crippen molar-refractivity contribution >= 4 is 69.5 Å². The number of halogens is 2. The van der Waals surface area contributed by atoms with E-state index in [2.05, 4.69) is 37.2 Å². The molecular weight excluding hydrogens is 529 g/mol. The van der Waals surface area contributed by atoms with Crippen molar-refractivity contribution in [1.29, 1.82) is 0 Å². The number of carboxylic acids is 1. The van der Waals surface area contributed by atoms with Crippen molar-refractivity contribution in [2.24, 2.45) is 0 Å². The molecule has 0 aliphatic carbocycles. The molecule has 0 aromatic heterocycles. The Morgan fingerprint density at radius 3 is 1.77 bits per heavy atom. The Morgan fingerprint density at radius 2 is 1.38 bits per heavy atom. The van der Waals surface area contributed by atoms with Gasteiger partial charge in [0.05, 0.1) is 6.54 Å².